The summed E-state index contributed by atoms with van der Waals surface area (Å²) < 4.78 is 7.67. The molecule has 0 saturated carbocycles. The minimum Gasteiger partial charge on any atom is -0.461 e. The van der Waals surface area contributed by atoms with Crippen LogP contribution in [0.25, 0.3) is 0 Å². The molecule has 2 rings (SSSR count). The third-order valence-corrected chi connectivity index (χ3v) is 3.31. The minimum atomic E-state index is -0.325. The lowest BCUT2D eigenvalue weighted by Crippen LogP contribution is -2.08. The number of thiazole rings is 1. The number of hydrogen-bond donors (Lipinski definition) is 0. The van der Waals surface area contributed by atoms with Crippen LogP contribution in [0.3, 0.4) is 0 Å². The molecule has 90 valence electrons. The first kappa shape index (κ1) is 12.3. The monoisotopic (exact) mass is 315 g/mol. The lowest BCUT2D eigenvalue weighted by Gasteiger charge is -2.03. The zero-order valence-corrected chi connectivity index (χ0v) is 11.5. The Kier molecular flexibility index (Phi) is 3.90. The van der Waals surface area contributed by atoms with Crippen molar-refractivity contribution in [3.63, 3.8) is 0 Å². The molecule has 0 N–H and O–H groups in total. The molecule has 2 heterocycles. The number of carbonyl (C=O) groups is 1. The third kappa shape index (κ3) is 3.13. The van der Waals surface area contributed by atoms with E-state index in [4.69, 9.17) is 4.74 Å². The Morgan fingerprint density at radius 2 is 2.47 bits per heavy atom. The van der Waals surface area contributed by atoms with Crippen molar-refractivity contribution < 1.29 is 9.53 Å². The van der Waals surface area contributed by atoms with Gasteiger partial charge in [-0.25, -0.2) is 4.79 Å². The first-order valence-corrected chi connectivity index (χ1v) is 6.58. The van der Waals surface area contributed by atoms with E-state index >= 15 is 0 Å². The quantitative estimate of drug-likeness (QED) is 0.810. The fourth-order valence-corrected chi connectivity index (χ4v) is 2.35. The highest BCUT2D eigenvalue weighted by Gasteiger charge is 2.09. The van der Waals surface area contributed by atoms with Gasteiger partial charge in [0.2, 0.25) is 0 Å². The van der Waals surface area contributed by atoms with E-state index in [0.29, 0.717) is 17.9 Å². The number of aromatic nitrogens is 3. The first-order chi connectivity index (χ1) is 8.16. The molecule has 0 spiro atoms. The van der Waals surface area contributed by atoms with Gasteiger partial charge in [0.15, 0.2) is 0 Å². The summed E-state index contributed by atoms with van der Waals surface area (Å²) in [5.74, 6) is -0.325. The Balaban J connectivity index is 1.84. The maximum absolute atomic E-state index is 11.5. The largest absolute Gasteiger partial charge is 0.461 e. The Morgan fingerprint density at radius 3 is 3.06 bits per heavy atom. The summed E-state index contributed by atoms with van der Waals surface area (Å²) in [6.45, 7) is 0.336. The average Bonchev–Trinajstić information content (AvgIpc) is 2.89. The van der Waals surface area contributed by atoms with Gasteiger partial charge in [-0.3, -0.25) is 9.67 Å². The van der Waals surface area contributed by atoms with E-state index in [1.807, 2.05) is 13.1 Å². The summed E-state index contributed by atoms with van der Waals surface area (Å²) in [5.41, 5.74) is 2.61. The van der Waals surface area contributed by atoms with Crippen molar-refractivity contribution in [2.24, 2.45) is 7.05 Å². The highest BCUT2D eigenvalue weighted by Crippen LogP contribution is 2.11. The van der Waals surface area contributed by atoms with Gasteiger partial charge in [0.25, 0.3) is 0 Å². The molecule has 17 heavy (non-hydrogen) atoms. The van der Waals surface area contributed by atoms with Crippen molar-refractivity contribution in [2.45, 2.75) is 6.42 Å². The van der Waals surface area contributed by atoms with Crippen LogP contribution >= 0.6 is 27.3 Å². The van der Waals surface area contributed by atoms with E-state index in [1.165, 1.54) is 17.5 Å². The van der Waals surface area contributed by atoms with E-state index in [-0.39, 0.29) is 5.97 Å². The summed E-state index contributed by atoms with van der Waals surface area (Å²) >= 11 is 4.56. The molecular formula is C10H10BrN3O2S. The van der Waals surface area contributed by atoms with E-state index in [2.05, 4.69) is 26.0 Å². The summed E-state index contributed by atoms with van der Waals surface area (Å²) in [7, 11) is 1.85. The number of esters is 1. The Labute approximate surface area is 111 Å². The van der Waals surface area contributed by atoms with Crippen LogP contribution in [0.1, 0.15) is 15.4 Å². The van der Waals surface area contributed by atoms with Crippen molar-refractivity contribution in [3.05, 3.63) is 32.9 Å². The van der Waals surface area contributed by atoms with Crippen LogP contribution in [-0.4, -0.2) is 27.3 Å². The van der Waals surface area contributed by atoms with Crippen LogP contribution in [0.15, 0.2) is 22.4 Å². The second kappa shape index (κ2) is 5.42. The number of rotatable bonds is 4. The van der Waals surface area contributed by atoms with E-state index in [1.54, 1.807) is 10.2 Å². The van der Waals surface area contributed by atoms with Crippen molar-refractivity contribution in [2.75, 3.05) is 6.61 Å². The molecule has 0 radical (unpaired) electrons. The molecule has 0 aromatic carbocycles. The first-order valence-electron chi connectivity index (χ1n) is 4.91. The standard InChI is InChI=1S/C10H10BrN3O2S/c1-14-7(4-9(11)13-14)2-3-16-10(15)8-5-12-6-17-8/h4-6H,2-3H2,1H3. The van der Waals surface area contributed by atoms with Crippen LogP contribution in [0.5, 0.6) is 0 Å². The number of ether oxygens (including phenoxy) is 1. The molecular weight excluding hydrogens is 306 g/mol. The number of carbonyl (C=O) groups excluding carboxylic acids is 1. The van der Waals surface area contributed by atoms with Gasteiger partial charge >= 0.3 is 5.97 Å². The molecule has 0 bridgehead atoms. The summed E-state index contributed by atoms with van der Waals surface area (Å²) in [6.07, 6.45) is 2.15. The van der Waals surface area contributed by atoms with Gasteiger partial charge in [0.1, 0.15) is 9.48 Å². The molecule has 0 aliphatic carbocycles. The summed E-state index contributed by atoms with van der Waals surface area (Å²) in [4.78, 5) is 15.9. The highest BCUT2D eigenvalue weighted by molar-refractivity contribution is 9.10. The summed E-state index contributed by atoms with van der Waals surface area (Å²) in [5, 5.41) is 4.14. The van der Waals surface area contributed by atoms with Gasteiger partial charge in [-0.05, 0) is 22.0 Å². The number of hydrogen-bond acceptors (Lipinski definition) is 5. The molecule has 0 amide bonds. The Bertz CT molecular complexity index is 510. The van der Waals surface area contributed by atoms with E-state index < -0.39 is 0 Å². The second-order valence-electron chi connectivity index (χ2n) is 3.33. The van der Waals surface area contributed by atoms with E-state index in [9.17, 15) is 4.79 Å². The minimum absolute atomic E-state index is 0.325. The zero-order valence-electron chi connectivity index (χ0n) is 9.09. The van der Waals surface area contributed by atoms with Gasteiger partial charge in [-0.1, -0.05) is 0 Å². The van der Waals surface area contributed by atoms with Crippen molar-refractivity contribution in [3.8, 4) is 0 Å². The van der Waals surface area contributed by atoms with Gasteiger partial charge in [0.05, 0.1) is 18.3 Å². The molecule has 0 aliphatic heterocycles. The molecule has 0 saturated heterocycles. The van der Waals surface area contributed by atoms with Gasteiger partial charge in [-0.15, -0.1) is 11.3 Å². The highest BCUT2D eigenvalue weighted by atomic mass is 79.9. The normalized spacial score (nSPS) is 10.5. The molecule has 0 aliphatic rings. The number of aryl methyl sites for hydroxylation is 1. The molecule has 2 aromatic heterocycles. The molecule has 7 heteroatoms. The maximum Gasteiger partial charge on any atom is 0.349 e. The number of nitrogens with zero attached hydrogens (tertiary/aromatic N) is 3. The molecule has 0 fully saturated rings. The van der Waals surface area contributed by atoms with Gasteiger partial charge in [0, 0.05) is 19.2 Å². The smallest absolute Gasteiger partial charge is 0.349 e. The Morgan fingerprint density at radius 1 is 1.65 bits per heavy atom. The second-order valence-corrected chi connectivity index (χ2v) is 5.03. The molecule has 5 nitrogen and oxygen atoms in total. The molecule has 0 unspecified atom stereocenters. The SMILES string of the molecule is Cn1nc(Br)cc1CCOC(=O)c1cncs1. The van der Waals surface area contributed by atoms with Crippen LogP contribution in [0, 0.1) is 0 Å². The number of halogens is 1. The van der Waals surface area contributed by atoms with E-state index in [0.717, 1.165) is 10.3 Å². The molecule has 0 atom stereocenters. The predicted octanol–water partition coefficient (Wildman–Crippen LogP) is 2.04. The average molecular weight is 316 g/mol. The van der Waals surface area contributed by atoms with Crippen molar-refractivity contribution in [1.29, 1.82) is 0 Å². The van der Waals surface area contributed by atoms with Crippen LogP contribution in [0.2, 0.25) is 0 Å². The van der Waals surface area contributed by atoms with Crippen molar-refractivity contribution in [1.82, 2.24) is 14.8 Å². The van der Waals surface area contributed by atoms with Crippen LogP contribution in [0.4, 0.5) is 0 Å². The van der Waals surface area contributed by atoms with Crippen LogP contribution < -0.4 is 0 Å². The Hall–Kier alpha value is -1.21. The lowest BCUT2D eigenvalue weighted by molar-refractivity contribution is 0.0513. The van der Waals surface area contributed by atoms with Crippen molar-refractivity contribution >= 4 is 33.2 Å². The summed E-state index contributed by atoms with van der Waals surface area (Å²) in [6, 6.07) is 1.90. The zero-order chi connectivity index (χ0) is 12.3. The van der Waals surface area contributed by atoms with Gasteiger partial charge in [-0.2, -0.15) is 5.10 Å². The van der Waals surface area contributed by atoms with Crippen LogP contribution in [-0.2, 0) is 18.2 Å². The van der Waals surface area contributed by atoms with Gasteiger partial charge < -0.3 is 4.74 Å². The maximum atomic E-state index is 11.5. The third-order valence-electron chi connectivity index (χ3n) is 2.17. The lowest BCUT2D eigenvalue weighted by atomic mass is 10.3. The fourth-order valence-electron chi connectivity index (χ4n) is 1.34. The predicted molar refractivity (Wildman–Crippen MR) is 67.0 cm³/mol. The molecule has 2 aromatic rings. The fraction of sp³-hybridized carbons (Fsp3) is 0.300. The topological polar surface area (TPSA) is 57.0 Å².